The minimum absolute atomic E-state index is 0.138. The van der Waals surface area contributed by atoms with Crippen molar-refractivity contribution in [2.24, 2.45) is 0 Å². The van der Waals surface area contributed by atoms with E-state index in [2.05, 4.69) is 10.7 Å². The Balaban J connectivity index is 1.63. The topological polar surface area (TPSA) is 61.4 Å². The van der Waals surface area contributed by atoms with Crippen LogP contribution in [0.5, 0.6) is 0 Å². The molecule has 2 N–H and O–H groups in total. The highest BCUT2D eigenvalue weighted by molar-refractivity contribution is 6.31. The lowest BCUT2D eigenvalue weighted by atomic mass is 9.88. The molecule has 164 valence electrons. The van der Waals surface area contributed by atoms with Crippen LogP contribution in [0.4, 0.5) is 23.7 Å². The van der Waals surface area contributed by atoms with Gasteiger partial charge in [0.15, 0.2) is 0 Å². The van der Waals surface area contributed by atoms with E-state index in [-0.39, 0.29) is 5.69 Å². The molecule has 3 aromatic rings. The molecule has 0 aliphatic carbocycles. The third kappa shape index (κ3) is 4.32. The summed E-state index contributed by atoms with van der Waals surface area (Å²) in [5.74, 6) is -1.21. The van der Waals surface area contributed by atoms with Crippen molar-refractivity contribution >= 4 is 29.2 Å². The molecule has 2 unspecified atom stereocenters. The van der Waals surface area contributed by atoms with Crippen LogP contribution >= 0.6 is 11.6 Å². The van der Waals surface area contributed by atoms with Gasteiger partial charge in [-0.2, -0.15) is 18.2 Å². The lowest BCUT2D eigenvalue weighted by molar-refractivity contribution is -0.137. The number of anilines is 1. The quantitative estimate of drug-likeness (QED) is 0.523. The van der Waals surface area contributed by atoms with Crippen LogP contribution in [0.3, 0.4) is 0 Å². The number of nitrogens with one attached hydrogen (secondary N) is 2. The molecule has 4 rings (SSSR count). The van der Waals surface area contributed by atoms with Crippen LogP contribution in [0, 0.1) is 0 Å². The zero-order valence-corrected chi connectivity index (χ0v) is 17.2. The summed E-state index contributed by atoms with van der Waals surface area (Å²) < 4.78 is 39.4. The number of halogens is 4. The molecule has 5 nitrogen and oxygen atoms in total. The van der Waals surface area contributed by atoms with Gasteiger partial charge in [0.1, 0.15) is 0 Å². The van der Waals surface area contributed by atoms with Crippen LogP contribution < -0.4 is 10.7 Å². The van der Waals surface area contributed by atoms with Crippen LogP contribution in [0.1, 0.15) is 28.7 Å². The highest BCUT2D eigenvalue weighted by Crippen LogP contribution is 2.38. The Morgan fingerprint density at radius 2 is 1.53 bits per heavy atom. The van der Waals surface area contributed by atoms with Crippen LogP contribution in [-0.4, -0.2) is 16.9 Å². The fraction of sp³-hybridized carbons (Fsp3) is 0.130. The predicted molar refractivity (Wildman–Crippen MR) is 114 cm³/mol. The molecular weight excluding hydrogens is 443 g/mol. The lowest BCUT2D eigenvalue weighted by Crippen LogP contribution is -2.43. The molecule has 32 heavy (non-hydrogen) atoms. The summed E-state index contributed by atoms with van der Waals surface area (Å²) in [6.07, 6.45) is -4.68. The predicted octanol–water partition coefficient (Wildman–Crippen LogP) is 5.76. The normalized spacial score (nSPS) is 18.6. The SMILES string of the molecule is O=C(Nc1ccc(Cl)c(C(F)(F)F)c1)N1NC(c2ccccc2)C(c2ccccc2)C1=O. The van der Waals surface area contributed by atoms with Gasteiger partial charge in [-0.3, -0.25) is 4.79 Å². The fourth-order valence-corrected chi connectivity index (χ4v) is 3.86. The first-order chi connectivity index (χ1) is 15.3. The zero-order chi connectivity index (χ0) is 22.9. The maximum absolute atomic E-state index is 13.2. The number of nitrogens with zero attached hydrogens (tertiary/aromatic N) is 1. The summed E-state index contributed by atoms with van der Waals surface area (Å²) in [5, 5.41) is 2.66. The molecule has 1 aliphatic rings. The number of hydrazine groups is 1. The van der Waals surface area contributed by atoms with Gasteiger partial charge in [-0.15, -0.1) is 0 Å². The van der Waals surface area contributed by atoms with Crippen molar-refractivity contribution in [1.82, 2.24) is 10.4 Å². The number of carbonyl (C=O) groups is 2. The van der Waals surface area contributed by atoms with E-state index in [9.17, 15) is 22.8 Å². The summed E-state index contributed by atoms with van der Waals surface area (Å²) in [5.41, 5.74) is 3.18. The van der Waals surface area contributed by atoms with Gasteiger partial charge in [-0.25, -0.2) is 10.2 Å². The third-order valence-corrected chi connectivity index (χ3v) is 5.46. The van der Waals surface area contributed by atoms with Crippen LogP contribution in [-0.2, 0) is 11.0 Å². The maximum Gasteiger partial charge on any atom is 0.417 e. The van der Waals surface area contributed by atoms with E-state index in [0.29, 0.717) is 5.56 Å². The molecule has 0 radical (unpaired) electrons. The lowest BCUT2D eigenvalue weighted by Gasteiger charge is -2.18. The van der Waals surface area contributed by atoms with Crippen LogP contribution in [0.2, 0.25) is 5.02 Å². The summed E-state index contributed by atoms with van der Waals surface area (Å²) in [7, 11) is 0. The molecular formula is C23H17ClF3N3O2. The Hall–Kier alpha value is -3.36. The summed E-state index contributed by atoms with van der Waals surface area (Å²) in [6, 6.07) is 19.7. The van der Waals surface area contributed by atoms with E-state index in [0.717, 1.165) is 22.7 Å². The first kappa shape index (κ1) is 21.9. The Morgan fingerprint density at radius 3 is 2.12 bits per heavy atom. The highest BCUT2D eigenvalue weighted by Gasteiger charge is 2.45. The molecule has 0 saturated carbocycles. The average Bonchev–Trinajstić information content (AvgIpc) is 3.13. The monoisotopic (exact) mass is 459 g/mol. The van der Waals surface area contributed by atoms with Crippen molar-refractivity contribution in [2.75, 3.05) is 5.32 Å². The first-order valence-electron chi connectivity index (χ1n) is 9.63. The fourth-order valence-electron chi connectivity index (χ4n) is 3.64. The number of imide groups is 1. The summed E-state index contributed by atoms with van der Waals surface area (Å²) in [4.78, 5) is 26.0. The standard InChI is InChI=1S/C23H17ClF3N3O2/c24-18-12-11-16(13-17(18)23(25,26)27)28-22(32)30-21(31)19(14-7-3-1-4-8-14)20(29-30)15-9-5-2-6-10-15/h1-13,19-20,29H,(H,28,32). The molecule has 9 heteroatoms. The third-order valence-electron chi connectivity index (χ3n) is 5.13. The summed E-state index contributed by atoms with van der Waals surface area (Å²) in [6.45, 7) is 0. The molecule has 1 heterocycles. The second-order valence-electron chi connectivity index (χ2n) is 7.20. The van der Waals surface area contributed by atoms with Crippen LogP contribution in [0.25, 0.3) is 0 Å². The average molecular weight is 460 g/mol. The van der Waals surface area contributed by atoms with E-state index in [1.54, 1.807) is 24.3 Å². The number of rotatable bonds is 3. The van der Waals surface area contributed by atoms with Gasteiger partial charge in [-0.1, -0.05) is 72.3 Å². The molecule has 3 amide bonds. The molecule has 2 atom stereocenters. The second kappa shape index (κ2) is 8.64. The largest absolute Gasteiger partial charge is 0.417 e. The number of hydrogen-bond acceptors (Lipinski definition) is 3. The van der Waals surface area contributed by atoms with Gasteiger partial charge >= 0.3 is 12.2 Å². The van der Waals surface area contributed by atoms with Gasteiger partial charge in [0.05, 0.1) is 22.5 Å². The Kier molecular flexibility index (Phi) is 5.90. The maximum atomic E-state index is 13.2. The summed E-state index contributed by atoms with van der Waals surface area (Å²) >= 11 is 5.63. The smallest absolute Gasteiger partial charge is 0.306 e. The molecule has 3 aromatic carbocycles. The van der Waals surface area contributed by atoms with Gasteiger partial charge < -0.3 is 5.32 Å². The second-order valence-corrected chi connectivity index (χ2v) is 7.61. The van der Waals surface area contributed by atoms with Gasteiger partial charge in [0, 0.05) is 5.69 Å². The number of benzene rings is 3. The number of hydrogen-bond donors (Lipinski definition) is 2. The van der Waals surface area contributed by atoms with Crippen molar-refractivity contribution in [3.05, 3.63) is 101 Å². The van der Waals surface area contributed by atoms with Crippen LogP contribution in [0.15, 0.2) is 78.9 Å². The number of carbonyl (C=O) groups excluding carboxylic acids is 2. The van der Waals surface area contributed by atoms with E-state index in [1.165, 1.54) is 6.07 Å². The number of alkyl halides is 3. The Morgan fingerprint density at radius 1 is 0.938 bits per heavy atom. The minimum atomic E-state index is -4.68. The van der Waals surface area contributed by atoms with Gasteiger partial charge in [0.2, 0.25) is 0 Å². The zero-order valence-electron chi connectivity index (χ0n) is 16.4. The molecule has 1 aliphatic heterocycles. The van der Waals surface area contributed by atoms with Gasteiger partial charge in [0.25, 0.3) is 5.91 Å². The van der Waals surface area contributed by atoms with Crippen molar-refractivity contribution in [1.29, 1.82) is 0 Å². The molecule has 0 aromatic heterocycles. The Labute approximate surface area is 186 Å². The number of amides is 3. The molecule has 1 fully saturated rings. The van der Waals surface area contributed by atoms with Crippen molar-refractivity contribution in [3.63, 3.8) is 0 Å². The molecule has 0 spiro atoms. The molecule has 0 bridgehead atoms. The minimum Gasteiger partial charge on any atom is -0.306 e. The van der Waals surface area contributed by atoms with E-state index in [4.69, 9.17) is 11.6 Å². The van der Waals surface area contributed by atoms with Crippen molar-refractivity contribution < 1.29 is 22.8 Å². The highest BCUT2D eigenvalue weighted by atomic mass is 35.5. The first-order valence-corrected chi connectivity index (χ1v) is 10.0. The Bertz CT molecular complexity index is 1140. The van der Waals surface area contributed by atoms with E-state index < -0.39 is 40.7 Å². The van der Waals surface area contributed by atoms with Crippen molar-refractivity contribution in [3.8, 4) is 0 Å². The van der Waals surface area contributed by atoms with Crippen molar-refractivity contribution in [2.45, 2.75) is 18.1 Å². The van der Waals surface area contributed by atoms with E-state index >= 15 is 0 Å². The van der Waals surface area contributed by atoms with E-state index in [1.807, 2.05) is 36.4 Å². The van der Waals surface area contributed by atoms with Gasteiger partial charge in [-0.05, 0) is 29.3 Å². The number of urea groups is 1. The molecule has 1 saturated heterocycles.